The molecule has 1 aromatic rings. The molecule has 0 saturated heterocycles. The van der Waals surface area contributed by atoms with Gasteiger partial charge in [0.15, 0.2) is 0 Å². The Morgan fingerprint density at radius 1 is 1.30 bits per heavy atom. The maximum atomic E-state index is 11.9. The number of alkyl carbamates (subject to hydrolysis) is 1. The zero-order valence-electron chi connectivity index (χ0n) is 15.0. The van der Waals surface area contributed by atoms with Crippen LogP contribution < -0.4 is 15.4 Å². The first kappa shape index (κ1) is 19.2. The molecule has 0 fully saturated rings. The molecule has 6 heteroatoms. The first-order valence-electron chi connectivity index (χ1n) is 7.90. The fourth-order valence-corrected chi connectivity index (χ4v) is 1.92. The van der Waals surface area contributed by atoms with Crippen LogP contribution in [0.2, 0.25) is 0 Å². The van der Waals surface area contributed by atoms with E-state index in [2.05, 4.69) is 29.5 Å². The highest BCUT2D eigenvalue weighted by Crippen LogP contribution is 2.09. The highest BCUT2D eigenvalue weighted by atomic mass is 16.6. The van der Waals surface area contributed by atoms with Crippen LogP contribution in [0.1, 0.15) is 40.2 Å². The van der Waals surface area contributed by atoms with E-state index in [1.807, 2.05) is 32.9 Å². The summed E-state index contributed by atoms with van der Waals surface area (Å²) in [4.78, 5) is 16.1. The van der Waals surface area contributed by atoms with Crippen LogP contribution in [-0.4, -0.2) is 36.4 Å². The molecule has 0 aromatic carbocycles. The number of nitrogens with zero attached hydrogens (tertiary/aromatic N) is 1. The van der Waals surface area contributed by atoms with Crippen LogP contribution in [0.15, 0.2) is 18.3 Å². The molecule has 1 atom stereocenters. The molecule has 1 unspecified atom stereocenters. The Balaban J connectivity index is 2.45. The first-order chi connectivity index (χ1) is 10.7. The number of aromatic nitrogens is 1. The minimum atomic E-state index is -0.492. The number of hydrogen-bond acceptors (Lipinski definition) is 5. The van der Waals surface area contributed by atoms with E-state index in [0.29, 0.717) is 24.9 Å². The van der Waals surface area contributed by atoms with Crippen LogP contribution in [-0.2, 0) is 11.3 Å². The first-order valence-corrected chi connectivity index (χ1v) is 7.90. The van der Waals surface area contributed by atoms with Crippen molar-refractivity contribution in [3.63, 3.8) is 0 Å². The van der Waals surface area contributed by atoms with E-state index >= 15 is 0 Å². The average Bonchev–Trinajstić information content (AvgIpc) is 2.44. The predicted molar refractivity (Wildman–Crippen MR) is 90.5 cm³/mol. The van der Waals surface area contributed by atoms with Crippen molar-refractivity contribution in [2.45, 2.75) is 52.8 Å². The third kappa shape index (κ3) is 7.83. The molecule has 0 spiro atoms. The van der Waals surface area contributed by atoms with Gasteiger partial charge < -0.3 is 20.1 Å². The van der Waals surface area contributed by atoms with Gasteiger partial charge in [-0.25, -0.2) is 9.78 Å². The number of methoxy groups -OCH3 is 1. The lowest BCUT2D eigenvalue weighted by molar-refractivity contribution is 0.0490. The number of carbonyl (C=O) groups is 1. The summed E-state index contributed by atoms with van der Waals surface area (Å²) in [5.74, 6) is 0.893. The van der Waals surface area contributed by atoms with Crippen molar-refractivity contribution < 1.29 is 14.3 Å². The average molecular weight is 323 g/mol. The lowest BCUT2D eigenvalue weighted by atomic mass is 10.0. The van der Waals surface area contributed by atoms with E-state index in [1.54, 1.807) is 13.3 Å². The fourth-order valence-electron chi connectivity index (χ4n) is 1.92. The van der Waals surface area contributed by atoms with Gasteiger partial charge >= 0.3 is 6.09 Å². The van der Waals surface area contributed by atoms with E-state index in [1.165, 1.54) is 0 Å². The standard InChI is InChI=1S/C17H29N3O3/c1-12(2)14(20-16(21)23-17(3,4)5)11-18-9-13-7-8-15(22-6)19-10-13/h7-8,10,12,14,18H,9,11H2,1-6H3,(H,20,21). The Kier molecular flexibility index (Phi) is 7.29. The summed E-state index contributed by atoms with van der Waals surface area (Å²) in [6.07, 6.45) is 1.39. The van der Waals surface area contributed by atoms with Gasteiger partial charge in [-0.05, 0) is 32.3 Å². The van der Waals surface area contributed by atoms with E-state index in [-0.39, 0.29) is 12.1 Å². The Labute approximate surface area is 139 Å². The number of rotatable bonds is 7. The van der Waals surface area contributed by atoms with Crippen molar-refractivity contribution in [3.05, 3.63) is 23.9 Å². The molecular weight excluding hydrogens is 294 g/mol. The topological polar surface area (TPSA) is 72.5 Å². The molecule has 0 bridgehead atoms. The van der Waals surface area contributed by atoms with E-state index in [9.17, 15) is 4.79 Å². The molecule has 130 valence electrons. The summed E-state index contributed by atoms with van der Waals surface area (Å²) in [5, 5.41) is 6.26. The molecule has 1 rings (SSSR count). The third-order valence-corrected chi connectivity index (χ3v) is 3.21. The van der Waals surface area contributed by atoms with Gasteiger partial charge in [0.1, 0.15) is 5.60 Å². The van der Waals surface area contributed by atoms with Crippen LogP contribution in [0, 0.1) is 5.92 Å². The Bertz CT molecular complexity index is 481. The molecule has 0 aliphatic heterocycles. The highest BCUT2D eigenvalue weighted by molar-refractivity contribution is 5.68. The maximum Gasteiger partial charge on any atom is 0.407 e. The number of hydrogen-bond donors (Lipinski definition) is 2. The van der Waals surface area contributed by atoms with Crippen molar-refractivity contribution in [2.24, 2.45) is 5.92 Å². The van der Waals surface area contributed by atoms with Crippen LogP contribution in [0.3, 0.4) is 0 Å². The summed E-state index contributed by atoms with van der Waals surface area (Å²) in [5.41, 5.74) is 0.568. The smallest absolute Gasteiger partial charge is 0.407 e. The Morgan fingerprint density at radius 3 is 2.48 bits per heavy atom. The molecule has 0 radical (unpaired) electrons. The minimum absolute atomic E-state index is 0.00365. The second-order valence-electron chi connectivity index (χ2n) is 6.84. The third-order valence-electron chi connectivity index (χ3n) is 3.21. The van der Waals surface area contributed by atoms with Crippen LogP contribution in [0.25, 0.3) is 0 Å². The summed E-state index contributed by atoms with van der Waals surface area (Å²) >= 11 is 0. The largest absolute Gasteiger partial charge is 0.481 e. The number of ether oxygens (including phenoxy) is 2. The van der Waals surface area contributed by atoms with Crippen molar-refractivity contribution in [2.75, 3.05) is 13.7 Å². The van der Waals surface area contributed by atoms with E-state index in [0.717, 1.165) is 5.56 Å². The van der Waals surface area contributed by atoms with E-state index in [4.69, 9.17) is 9.47 Å². The molecule has 0 aliphatic carbocycles. The predicted octanol–water partition coefficient (Wildman–Crippen LogP) is 2.73. The van der Waals surface area contributed by atoms with Crippen LogP contribution in [0.4, 0.5) is 4.79 Å². The van der Waals surface area contributed by atoms with Crippen molar-refractivity contribution >= 4 is 6.09 Å². The molecule has 2 N–H and O–H groups in total. The molecule has 1 heterocycles. The molecule has 0 saturated carbocycles. The normalized spacial score (nSPS) is 12.8. The van der Waals surface area contributed by atoms with Crippen molar-refractivity contribution in [3.8, 4) is 5.88 Å². The minimum Gasteiger partial charge on any atom is -0.481 e. The lowest BCUT2D eigenvalue weighted by Crippen LogP contribution is -2.46. The van der Waals surface area contributed by atoms with Gasteiger partial charge in [0, 0.05) is 31.4 Å². The van der Waals surface area contributed by atoms with Crippen LogP contribution >= 0.6 is 0 Å². The van der Waals surface area contributed by atoms with Gasteiger partial charge in [-0.3, -0.25) is 0 Å². The SMILES string of the molecule is COc1ccc(CNCC(NC(=O)OC(C)(C)C)C(C)C)cn1. The van der Waals surface area contributed by atoms with Gasteiger partial charge in [0.2, 0.25) is 5.88 Å². The molecule has 6 nitrogen and oxygen atoms in total. The van der Waals surface area contributed by atoms with Gasteiger partial charge in [0.25, 0.3) is 0 Å². The summed E-state index contributed by atoms with van der Waals surface area (Å²) in [7, 11) is 1.59. The fraction of sp³-hybridized carbons (Fsp3) is 0.647. The monoisotopic (exact) mass is 323 g/mol. The summed E-state index contributed by atoms with van der Waals surface area (Å²) in [6, 6.07) is 3.79. The molecule has 23 heavy (non-hydrogen) atoms. The number of pyridine rings is 1. The molecule has 1 aromatic heterocycles. The van der Waals surface area contributed by atoms with Crippen LogP contribution in [0.5, 0.6) is 5.88 Å². The lowest BCUT2D eigenvalue weighted by Gasteiger charge is -2.26. The Hall–Kier alpha value is -1.82. The molecule has 1 amide bonds. The van der Waals surface area contributed by atoms with Gasteiger partial charge in [-0.1, -0.05) is 19.9 Å². The second kappa shape index (κ2) is 8.72. The Morgan fingerprint density at radius 2 is 2.00 bits per heavy atom. The van der Waals surface area contributed by atoms with Crippen molar-refractivity contribution in [1.29, 1.82) is 0 Å². The van der Waals surface area contributed by atoms with Crippen molar-refractivity contribution in [1.82, 2.24) is 15.6 Å². The maximum absolute atomic E-state index is 11.9. The zero-order chi connectivity index (χ0) is 17.5. The molecule has 0 aliphatic rings. The zero-order valence-corrected chi connectivity index (χ0v) is 15.0. The number of nitrogens with one attached hydrogen (secondary N) is 2. The summed E-state index contributed by atoms with van der Waals surface area (Å²) in [6.45, 7) is 11.0. The number of amides is 1. The van der Waals surface area contributed by atoms with E-state index < -0.39 is 5.60 Å². The number of carbonyl (C=O) groups excluding carboxylic acids is 1. The molecular formula is C17H29N3O3. The summed E-state index contributed by atoms with van der Waals surface area (Å²) < 4.78 is 10.3. The van der Waals surface area contributed by atoms with Gasteiger partial charge in [-0.15, -0.1) is 0 Å². The second-order valence-corrected chi connectivity index (χ2v) is 6.84. The van der Waals surface area contributed by atoms with Gasteiger partial charge in [0.05, 0.1) is 7.11 Å². The van der Waals surface area contributed by atoms with Gasteiger partial charge in [-0.2, -0.15) is 0 Å². The quantitative estimate of drug-likeness (QED) is 0.807. The highest BCUT2D eigenvalue weighted by Gasteiger charge is 2.21.